The average molecular weight is 450 g/mol. The Bertz CT molecular complexity index is 909. The van der Waals surface area contributed by atoms with E-state index in [1.54, 1.807) is 6.07 Å². The third-order valence-corrected chi connectivity index (χ3v) is 8.56. The molecular weight excluding hydrogens is 412 g/mol. The number of nitrogens with zero attached hydrogens (tertiary/aromatic N) is 1. The Morgan fingerprint density at radius 3 is 1.94 bits per heavy atom. The lowest BCUT2D eigenvalue weighted by Gasteiger charge is -2.38. The molecule has 1 unspecified atom stereocenters. The molecule has 176 valence electrons. The molecule has 0 heterocycles. The van der Waals surface area contributed by atoms with E-state index in [9.17, 15) is 8.78 Å². The molecule has 0 bridgehead atoms. The van der Waals surface area contributed by atoms with Crippen molar-refractivity contribution in [3.05, 3.63) is 70.8 Å². The van der Waals surface area contributed by atoms with Crippen molar-refractivity contribution >= 4 is 0 Å². The molecule has 1 nitrogen and oxygen atoms in total. The van der Waals surface area contributed by atoms with Crippen molar-refractivity contribution in [2.24, 2.45) is 23.7 Å². The highest BCUT2D eigenvalue weighted by Crippen LogP contribution is 2.44. The van der Waals surface area contributed by atoms with Gasteiger partial charge in [0, 0.05) is 0 Å². The van der Waals surface area contributed by atoms with Crippen molar-refractivity contribution in [1.82, 2.24) is 0 Å². The highest BCUT2D eigenvalue weighted by Gasteiger charge is 2.31. The maximum Gasteiger partial charge on any atom is 0.144 e. The lowest BCUT2D eigenvalue weighted by atomic mass is 9.67. The Balaban J connectivity index is 1.18. The highest BCUT2D eigenvalue weighted by molar-refractivity contribution is 5.35. The van der Waals surface area contributed by atoms with Gasteiger partial charge in [-0.1, -0.05) is 62.9 Å². The summed E-state index contributed by atoms with van der Waals surface area (Å²) < 4.78 is 27.7. The Morgan fingerprint density at radius 1 is 0.848 bits per heavy atom. The van der Waals surface area contributed by atoms with Gasteiger partial charge in [0.15, 0.2) is 0 Å². The number of halogens is 2. The van der Waals surface area contributed by atoms with Crippen LogP contribution in [0.25, 0.3) is 0 Å². The first-order chi connectivity index (χ1) is 16.0. The molecule has 4 rings (SSSR count). The summed E-state index contributed by atoms with van der Waals surface area (Å²) in [6.45, 7) is 2.38. The summed E-state index contributed by atoms with van der Waals surface area (Å²) in [5.74, 6) is 2.50. The van der Waals surface area contributed by atoms with Crippen molar-refractivity contribution in [3.63, 3.8) is 0 Å². The topological polar surface area (TPSA) is 23.8 Å². The van der Waals surface area contributed by atoms with Crippen LogP contribution in [0.15, 0.2) is 42.5 Å². The first-order valence-electron chi connectivity index (χ1n) is 13.0. The first kappa shape index (κ1) is 23.9. The molecule has 0 aromatic heterocycles. The third kappa shape index (κ3) is 6.23. The van der Waals surface area contributed by atoms with E-state index >= 15 is 0 Å². The Kier molecular flexibility index (Phi) is 8.18. The summed E-state index contributed by atoms with van der Waals surface area (Å²) >= 11 is 0. The van der Waals surface area contributed by atoms with Crippen molar-refractivity contribution in [3.8, 4) is 6.07 Å². The molecule has 0 spiro atoms. The third-order valence-electron chi connectivity index (χ3n) is 8.56. The van der Waals surface area contributed by atoms with E-state index < -0.39 is 17.2 Å². The molecule has 2 fully saturated rings. The van der Waals surface area contributed by atoms with Crippen LogP contribution in [0.5, 0.6) is 0 Å². The van der Waals surface area contributed by atoms with E-state index in [0.29, 0.717) is 23.8 Å². The number of aryl methyl sites for hydroxylation is 1. The number of benzene rings is 2. The predicted octanol–water partition coefficient (Wildman–Crippen LogP) is 8.58. The molecular formula is C30H37F2N. The van der Waals surface area contributed by atoms with Crippen LogP contribution >= 0.6 is 0 Å². The van der Waals surface area contributed by atoms with Gasteiger partial charge in [0.1, 0.15) is 23.3 Å². The number of hydrogen-bond donors (Lipinski definition) is 0. The van der Waals surface area contributed by atoms with Gasteiger partial charge in [-0.2, -0.15) is 5.26 Å². The lowest BCUT2D eigenvalue weighted by Crippen LogP contribution is -2.26. The molecule has 0 amide bonds. The largest absolute Gasteiger partial charge is 0.205 e. The fraction of sp³-hybridized carbons (Fsp3) is 0.567. The van der Waals surface area contributed by atoms with Crippen LogP contribution in [-0.2, 0) is 6.42 Å². The second-order valence-electron chi connectivity index (χ2n) is 10.7. The zero-order valence-electron chi connectivity index (χ0n) is 19.9. The summed E-state index contributed by atoms with van der Waals surface area (Å²) in [4.78, 5) is 0. The molecule has 33 heavy (non-hydrogen) atoms. The standard InChI is InChI=1S/C30H37F2N/c1-21(25-5-3-2-4-6-25)17-23-11-15-27(16-12-23)26-13-9-22(10-14-26)7-8-24-18-29(31)28(20-33)30(32)19-24/h2-6,18-19,21-23,26-27H,7-17H2,1H3. The van der Waals surface area contributed by atoms with Gasteiger partial charge in [0.05, 0.1) is 0 Å². The van der Waals surface area contributed by atoms with Gasteiger partial charge < -0.3 is 0 Å². The molecule has 0 saturated heterocycles. The minimum Gasteiger partial charge on any atom is -0.205 e. The fourth-order valence-corrected chi connectivity index (χ4v) is 6.51. The van der Waals surface area contributed by atoms with E-state index in [1.807, 2.05) is 0 Å². The smallest absolute Gasteiger partial charge is 0.144 e. The van der Waals surface area contributed by atoms with Crippen LogP contribution in [0.2, 0.25) is 0 Å². The Labute approximate surface area is 198 Å². The van der Waals surface area contributed by atoms with Gasteiger partial charge in [-0.3, -0.25) is 0 Å². The Hall–Kier alpha value is -2.21. The Morgan fingerprint density at radius 2 is 1.39 bits per heavy atom. The summed E-state index contributed by atoms with van der Waals surface area (Å²) in [5.41, 5.74) is 1.68. The molecule has 2 aromatic rings. The number of nitriles is 1. The molecule has 0 N–H and O–H groups in total. The normalized spacial score (nSPS) is 26.5. The molecule has 1 atom stereocenters. The molecule has 0 aliphatic heterocycles. The number of rotatable bonds is 7. The van der Waals surface area contributed by atoms with E-state index in [4.69, 9.17) is 5.26 Å². The monoisotopic (exact) mass is 449 g/mol. The van der Waals surface area contributed by atoms with Crippen LogP contribution in [0.3, 0.4) is 0 Å². The van der Waals surface area contributed by atoms with Gasteiger partial charge in [-0.05, 0) is 97.8 Å². The second-order valence-corrected chi connectivity index (χ2v) is 10.7. The minimum absolute atomic E-state index is 0.469. The second kappa shape index (κ2) is 11.3. The first-order valence-corrected chi connectivity index (χ1v) is 13.0. The fourth-order valence-electron chi connectivity index (χ4n) is 6.51. The molecule has 2 saturated carbocycles. The van der Waals surface area contributed by atoms with Crippen molar-refractivity contribution in [2.75, 3.05) is 0 Å². The molecule has 2 aliphatic carbocycles. The predicted molar refractivity (Wildman–Crippen MR) is 130 cm³/mol. The maximum atomic E-state index is 13.9. The van der Waals surface area contributed by atoms with Crippen LogP contribution < -0.4 is 0 Å². The molecule has 2 aromatic carbocycles. The van der Waals surface area contributed by atoms with Crippen molar-refractivity contribution in [1.29, 1.82) is 5.26 Å². The van der Waals surface area contributed by atoms with Gasteiger partial charge in [0.2, 0.25) is 0 Å². The van der Waals surface area contributed by atoms with Gasteiger partial charge in [-0.15, -0.1) is 0 Å². The minimum atomic E-state index is -0.732. The SMILES string of the molecule is CC(CC1CCC(C2CCC(CCc3cc(F)c(C#N)c(F)c3)CC2)CC1)c1ccccc1. The lowest BCUT2D eigenvalue weighted by molar-refractivity contribution is 0.139. The average Bonchev–Trinajstić information content (AvgIpc) is 2.84. The number of hydrogen-bond acceptors (Lipinski definition) is 1. The zero-order chi connectivity index (χ0) is 23.2. The zero-order valence-corrected chi connectivity index (χ0v) is 19.9. The van der Waals surface area contributed by atoms with Crippen LogP contribution in [0, 0.1) is 46.6 Å². The molecule has 2 aliphatic rings. The van der Waals surface area contributed by atoms with Gasteiger partial charge in [0.25, 0.3) is 0 Å². The van der Waals surface area contributed by atoms with Gasteiger partial charge in [-0.25, -0.2) is 8.78 Å². The van der Waals surface area contributed by atoms with E-state index in [1.165, 1.54) is 75.5 Å². The summed E-state index contributed by atoms with van der Waals surface area (Å²) in [5, 5.41) is 8.83. The quantitative estimate of drug-likeness (QED) is 0.415. The maximum absolute atomic E-state index is 13.9. The van der Waals surface area contributed by atoms with Crippen LogP contribution in [0.1, 0.15) is 93.7 Å². The van der Waals surface area contributed by atoms with E-state index in [-0.39, 0.29) is 0 Å². The highest BCUT2D eigenvalue weighted by atomic mass is 19.1. The summed E-state index contributed by atoms with van der Waals surface area (Å²) in [7, 11) is 0. The summed E-state index contributed by atoms with van der Waals surface area (Å²) in [6, 6.07) is 15.2. The summed E-state index contributed by atoms with van der Waals surface area (Å²) in [6.07, 6.45) is 13.7. The van der Waals surface area contributed by atoms with Crippen LogP contribution in [-0.4, -0.2) is 0 Å². The van der Waals surface area contributed by atoms with E-state index in [2.05, 4.69) is 37.3 Å². The van der Waals surface area contributed by atoms with Crippen molar-refractivity contribution < 1.29 is 8.78 Å². The van der Waals surface area contributed by atoms with Gasteiger partial charge >= 0.3 is 0 Å². The molecule has 0 radical (unpaired) electrons. The van der Waals surface area contributed by atoms with Crippen LogP contribution in [0.4, 0.5) is 8.78 Å². The van der Waals surface area contributed by atoms with E-state index in [0.717, 1.165) is 24.2 Å². The van der Waals surface area contributed by atoms with Crippen molar-refractivity contribution in [2.45, 2.75) is 83.5 Å². The molecule has 3 heteroatoms.